The monoisotopic (exact) mass is 185 g/mol. The molecule has 0 aromatic carbocycles. The molecule has 1 saturated heterocycles. The van der Waals surface area contributed by atoms with E-state index in [9.17, 15) is 4.79 Å². The lowest BCUT2D eigenvalue weighted by atomic mass is 9.94. The van der Waals surface area contributed by atoms with Crippen LogP contribution in [0.4, 0.5) is 0 Å². The van der Waals surface area contributed by atoms with Crippen molar-refractivity contribution in [2.75, 3.05) is 20.1 Å². The Hall–Kier alpha value is -0.410. The Balaban J connectivity index is 2.61. The van der Waals surface area contributed by atoms with E-state index in [1.54, 1.807) is 0 Å². The number of aldehydes is 1. The van der Waals surface area contributed by atoms with E-state index in [1.165, 1.54) is 0 Å². The van der Waals surface area contributed by atoms with E-state index in [-0.39, 0.29) is 6.10 Å². The van der Waals surface area contributed by atoms with Crippen molar-refractivity contribution in [2.24, 2.45) is 0 Å². The van der Waals surface area contributed by atoms with Gasteiger partial charge in [0.05, 0.1) is 6.10 Å². The van der Waals surface area contributed by atoms with Crippen LogP contribution in [0, 0.1) is 0 Å². The predicted molar refractivity (Wildman–Crippen MR) is 51.7 cm³/mol. The first-order valence-electron chi connectivity index (χ1n) is 4.91. The van der Waals surface area contributed by atoms with E-state index in [0.29, 0.717) is 0 Å². The molecule has 0 amide bonds. The van der Waals surface area contributed by atoms with Gasteiger partial charge in [0.1, 0.15) is 5.60 Å². The topological polar surface area (TPSA) is 29.5 Å². The zero-order chi connectivity index (χ0) is 9.90. The van der Waals surface area contributed by atoms with Gasteiger partial charge in [-0.3, -0.25) is 0 Å². The quantitative estimate of drug-likeness (QED) is 0.616. The Kier molecular flexibility index (Phi) is 3.45. The van der Waals surface area contributed by atoms with Crippen LogP contribution in [0.3, 0.4) is 0 Å². The van der Waals surface area contributed by atoms with Gasteiger partial charge in [0.25, 0.3) is 0 Å². The molecular weight excluding hydrogens is 166 g/mol. The largest absolute Gasteiger partial charge is 0.364 e. The SMILES string of the molecule is CC(C)OC1(C=O)CCCN(C)C1. The second-order valence-corrected chi connectivity index (χ2v) is 4.19. The van der Waals surface area contributed by atoms with Crippen LogP contribution in [0.2, 0.25) is 0 Å². The lowest BCUT2D eigenvalue weighted by Gasteiger charge is -2.38. The summed E-state index contributed by atoms with van der Waals surface area (Å²) < 4.78 is 5.69. The number of carbonyl (C=O) groups excluding carboxylic acids is 1. The maximum Gasteiger partial charge on any atom is 0.153 e. The van der Waals surface area contributed by atoms with Crippen LogP contribution in [-0.2, 0) is 9.53 Å². The first kappa shape index (κ1) is 10.7. The third-order valence-electron chi connectivity index (χ3n) is 2.36. The second kappa shape index (κ2) is 4.20. The maximum atomic E-state index is 11.0. The van der Waals surface area contributed by atoms with Crippen molar-refractivity contribution in [3.63, 3.8) is 0 Å². The molecule has 0 aromatic heterocycles. The van der Waals surface area contributed by atoms with Gasteiger partial charge in [-0.2, -0.15) is 0 Å². The Bertz CT molecular complexity index is 178. The number of hydrogen-bond acceptors (Lipinski definition) is 3. The van der Waals surface area contributed by atoms with Crippen molar-refractivity contribution in [3.05, 3.63) is 0 Å². The van der Waals surface area contributed by atoms with E-state index < -0.39 is 5.60 Å². The molecule has 1 aliphatic heterocycles. The Morgan fingerprint density at radius 3 is 2.69 bits per heavy atom. The van der Waals surface area contributed by atoms with Gasteiger partial charge in [0.15, 0.2) is 6.29 Å². The van der Waals surface area contributed by atoms with Crippen LogP contribution in [0.5, 0.6) is 0 Å². The number of likely N-dealkylation sites (tertiary alicyclic amines) is 1. The number of piperidine rings is 1. The normalized spacial score (nSPS) is 30.8. The summed E-state index contributed by atoms with van der Waals surface area (Å²) in [7, 11) is 2.03. The molecule has 1 atom stereocenters. The molecule has 0 bridgehead atoms. The first-order chi connectivity index (χ1) is 6.08. The summed E-state index contributed by atoms with van der Waals surface area (Å²) in [5, 5.41) is 0. The summed E-state index contributed by atoms with van der Waals surface area (Å²) in [6.45, 7) is 5.74. The molecule has 13 heavy (non-hydrogen) atoms. The molecule has 0 spiro atoms. The zero-order valence-corrected chi connectivity index (χ0v) is 8.75. The van der Waals surface area contributed by atoms with Crippen LogP contribution in [0.1, 0.15) is 26.7 Å². The molecule has 0 N–H and O–H groups in total. The van der Waals surface area contributed by atoms with Crippen molar-refractivity contribution < 1.29 is 9.53 Å². The molecule has 1 rings (SSSR count). The number of nitrogens with zero attached hydrogens (tertiary/aromatic N) is 1. The summed E-state index contributed by atoms with van der Waals surface area (Å²) in [5.74, 6) is 0. The molecule has 3 heteroatoms. The van der Waals surface area contributed by atoms with Crippen LogP contribution >= 0.6 is 0 Å². The maximum absolute atomic E-state index is 11.0. The highest BCUT2D eigenvalue weighted by atomic mass is 16.5. The molecule has 76 valence electrons. The minimum absolute atomic E-state index is 0.122. The lowest BCUT2D eigenvalue weighted by molar-refractivity contribution is -0.146. The zero-order valence-electron chi connectivity index (χ0n) is 8.75. The minimum atomic E-state index is -0.541. The van der Waals surface area contributed by atoms with E-state index in [4.69, 9.17) is 4.74 Å². The fraction of sp³-hybridized carbons (Fsp3) is 0.900. The number of carbonyl (C=O) groups is 1. The molecule has 0 radical (unpaired) electrons. The summed E-state index contributed by atoms with van der Waals surface area (Å²) in [6.07, 6.45) is 3.00. The lowest BCUT2D eigenvalue weighted by Crippen LogP contribution is -2.50. The second-order valence-electron chi connectivity index (χ2n) is 4.19. The summed E-state index contributed by atoms with van der Waals surface area (Å²) >= 11 is 0. The van der Waals surface area contributed by atoms with Gasteiger partial charge in [-0.15, -0.1) is 0 Å². The van der Waals surface area contributed by atoms with Crippen LogP contribution in [0.15, 0.2) is 0 Å². The molecule has 0 aliphatic carbocycles. The van der Waals surface area contributed by atoms with Crippen LogP contribution in [-0.4, -0.2) is 43.0 Å². The van der Waals surface area contributed by atoms with Crippen molar-refractivity contribution in [3.8, 4) is 0 Å². The van der Waals surface area contributed by atoms with Crippen molar-refractivity contribution in [2.45, 2.75) is 38.4 Å². The third kappa shape index (κ3) is 2.78. The standard InChI is InChI=1S/C10H19NO2/c1-9(2)13-10(8-12)5-4-6-11(3)7-10/h8-9H,4-7H2,1-3H3. The van der Waals surface area contributed by atoms with Crippen molar-refractivity contribution >= 4 is 6.29 Å². The summed E-state index contributed by atoms with van der Waals surface area (Å²) in [6, 6.07) is 0. The first-order valence-corrected chi connectivity index (χ1v) is 4.91. The molecule has 0 saturated carbocycles. The smallest absolute Gasteiger partial charge is 0.153 e. The van der Waals surface area contributed by atoms with E-state index in [0.717, 1.165) is 32.2 Å². The van der Waals surface area contributed by atoms with Crippen LogP contribution < -0.4 is 0 Å². The van der Waals surface area contributed by atoms with Gasteiger partial charge >= 0.3 is 0 Å². The fourth-order valence-electron chi connectivity index (χ4n) is 1.95. The number of likely N-dealkylation sites (N-methyl/N-ethyl adjacent to an activating group) is 1. The highest BCUT2D eigenvalue weighted by molar-refractivity contribution is 5.63. The summed E-state index contributed by atoms with van der Waals surface area (Å²) in [4.78, 5) is 13.2. The molecule has 0 aromatic rings. The Morgan fingerprint density at radius 1 is 1.54 bits per heavy atom. The number of ether oxygens (including phenoxy) is 1. The van der Waals surface area contributed by atoms with E-state index in [1.807, 2.05) is 20.9 Å². The van der Waals surface area contributed by atoms with E-state index >= 15 is 0 Å². The van der Waals surface area contributed by atoms with Gasteiger partial charge in [-0.25, -0.2) is 0 Å². The fourth-order valence-corrected chi connectivity index (χ4v) is 1.95. The molecule has 1 heterocycles. The van der Waals surface area contributed by atoms with Gasteiger partial charge in [0, 0.05) is 6.54 Å². The van der Waals surface area contributed by atoms with Gasteiger partial charge < -0.3 is 14.4 Å². The third-order valence-corrected chi connectivity index (χ3v) is 2.36. The molecular formula is C10H19NO2. The molecule has 1 unspecified atom stereocenters. The van der Waals surface area contributed by atoms with Crippen molar-refractivity contribution in [1.29, 1.82) is 0 Å². The highest BCUT2D eigenvalue weighted by Crippen LogP contribution is 2.23. The summed E-state index contributed by atoms with van der Waals surface area (Å²) in [5.41, 5.74) is -0.541. The minimum Gasteiger partial charge on any atom is -0.364 e. The highest BCUT2D eigenvalue weighted by Gasteiger charge is 2.35. The molecule has 3 nitrogen and oxygen atoms in total. The predicted octanol–water partition coefficient (Wildman–Crippen LogP) is 1.07. The van der Waals surface area contributed by atoms with E-state index in [2.05, 4.69) is 4.90 Å². The number of hydrogen-bond donors (Lipinski definition) is 0. The molecule has 1 fully saturated rings. The van der Waals surface area contributed by atoms with Gasteiger partial charge in [0.2, 0.25) is 0 Å². The Labute approximate surface area is 80.1 Å². The average Bonchev–Trinajstić information content (AvgIpc) is 2.03. The van der Waals surface area contributed by atoms with Crippen molar-refractivity contribution in [1.82, 2.24) is 4.90 Å². The molecule has 1 aliphatic rings. The average molecular weight is 185 g/mol. The van der Waals surface area contributed by atoms with Gasteiger partial charge in [-0.05, 0) is 40.3 Å². The Morgan fingerprint density at radius 2 is 2.23 bits per heavy atom. The van der Waals surface area contributed by atoms with Gasteiger partial charge in [-0.1, -0.05) is 0 Å². The number of rotatable bonds is 3. The van der Waals surface area contributed by atoms with Crippen LogP contribution in [0.25, 0.3) is 0 Å².